The molecule has 1 aromatic heterocycles. The maximum absolute atomic E-state index is 11.7. The summed E-state index contributed by atoms with van der Waals surface area (Å²) in [7, 11) is 3.11. The van der Waals surface area contributed by atoms with Gasteiger partial charge in [0.25, 0.3) is 0 Å². The summed E-state index contributed by atoms with van der Waals surface area (Å²) in [4.78, 5) is 19.6. The second-order valence-electron chi connectivity index (χ2n) is 3.60. The summed E-state index contributed by atoms with van der Waals surface area (Å²) >= 11 is 0. The lowest BCUT2D eigenvalue weighted by atomic mass is 10.3. The minimum absolute atomic E-state index is 0.121. The van der Waals surface area contributed by atoms with Gasteiger partial charge < -0.3 is 20.1 Å². The zero-order valence-corrected chi connectivity index (χ0v) is 10.8. The number of ether oxygens (including phenoxy) is 2. The van der Waals surface area contributed by atoms with Crippen LogP contribution < -0.4 is 15.4 Å². The highest BCUT2D eigenvalue weighted by atomic mass is 16.5. The maximum atomic E-state index is 11.7. The predicted octanol–water partition coefficient (Wildman–Crippen LogP) is 0.0482. The molecule has 1 unspecified atom stereocenters. The summed E-state index contributed by atoms with van der Waals surface area (Å²) in [5.74, 6) is 0.861. The van der Waals surface area contributed by atoms with E-state index in [-0.39, 0.29) is 5.91 Å². The zero-order valence-electron chi connectivity index (χ0n) is 10.8. The number of carbonyl (C=O) groups is 1. The Balaban J connectivity index is 2.47. The number of aromatic nitrogens is 2. The Morgan fingerprint density at radius 2 is 2.22 bits per heavy atom. The molecule has 0 aliphatic carbocycles. The van der Waals surface area contributed by atoms with E-state index in [1.54, 1.807) is 20.1 Å². The molecule has 2 N–H and O–H groups in total. The Morgan fingerprint density at radius 1 is 1.44 bits per heavy atom. The Labute approximate surface area is 106 Å². The molecule has 7 heteroatoms. The first kappa shape index (κ1) is 14.2. The van der Waals surface area contributed by atoms with Crippen LogP contribution in [0.1, 0.15) is 6.92 Å². The summed E-state index contributed by atoms with van der Waals surface area (Å²) in [6.07, 6.45) is 1.37. The smallest absolute Gasteiger partial charge is 0.242 e. The van der Waals surface area contributed by atoms with Crippen LogP contribution >= 0.6 is 0 Å². The lowest BCUT2D eigenvalue weighted by molar-refractivity contribution is -0.121. The number of carbonyl (C=O) groups excluding carboxylic acids is 1. The average Bonchev–Trinajstić information content (AvgIpc) is 2.39. The van der Waals surface area contributed by atoms with Crippen LogP contribution in [0.2, 0.25) is 0 Å². The van der Waals surface area contributed by atoms with Gasteiger partial charge in [0, 0.05) is 19.7 Å². The number of rotatable bonds is 7. The highest BCUT2D eigenvalue weighted by molar-refractivity contribution is 5.83. The third-order valence-electron chi connectivity index (χ3n) is 2.21. The van der Waals surface area contributed by atoms with Crippen LogP contribution in [0.15, 0.2) is 12.4 Å². The number of nitrogens with one attached hydrogen (secondary N) is 2. The molecule has 0 aliphatic rings. The Hall–Kier alpha value is -1.89. The lowest BCUT2D eigenvalue weighted by Crippen LogP contribution is -2.39. The molecule has 7 nitrogen and oxygen atoms in total. The lowest BCUT2D eigenvalue weighted by Gasteiger charge is -2.14. The van der Waals surface area contributed by atoms with Crippen LogP contribution in [0, 0.1) is 0 Å². The molecule has 1 rings (SSSR count). The highest BCUT2D eigenvalue weighted by Crippen LogP contribution is 2.10. The second kappa shape index (κ2) is 7.44. The van der Waals surface area contributed by atoms with Gasteiger partial charge in [-0.15, -0.1) is 0 Å². The van der Waals surface area contributed by atoms with E-state index < -0.39 is 6.04 Å². The first-order chi connectivity index (χ1) is 8.67. The van der Waals surface area contributed by atoms with Gasteiger partial charge in [-0.1, -0.05) is 0 Å². The summed E-state index contributed by atoms with van der Waals surface area (Å²) in [6.45, 7) is 2.71. The molecule has 0 aliphatic heterocycles. The SMILES string of the molecule is COCCNC(=O)C(C)Nc1cc(OC)ncn1. The molecule has 0 spiro atoms. The van der Waals surface area contributed by atoms with Crippen molar-refractivity contribution in [3.63, 3.8) is 0 Å². The predicted molar refractivity (Wildman–Crippen MR) is 66.6 cm³/mol. The summed E-state index contributed by atoms with van der Waals surface area (Å²) in [5.41, 5.74) is 0. The Kier molecular flexibility index (Phi) is 5.86. The zero-order chi connectivity index (χ0) is 13.4. The minimum Gasteiger partial charge on any atom is -0.481 e. The number of nitrogens with zero attached hydrogens (tertiary/aromatic N) is 2. The van der Waals surface area contributed by atoms with Crippen molar-refractivity contribution in [3.8, 4) is 5.88 Å². The molecule has 18 heavy (non-hydrogen) atoms. The third-order valence-corrected chi connectivity index (χ3v) is 2.21. The van der Waals surface area contributed by atoms with Crippen LogP contribution in [0.5, 0.6) is 5.88 Å². The van der Waals surface area contributed by atoms with E-state index in [1.165, 1.54) is 13.4 Å². The van der Waals surface area contributed by atoms with Gasteiger partial charge in [0.2, 0.25) is 11.8 Å². The maximum Gasteiger partial charge on any atom is 0.242 e. The van der Waals surface area contributed by atoms with E-state index in [0.29, 0.717) is 24.8 Å². The topological polar surface area (TPSA) is 85.4 Å². The molecule has 1 atom stereocenters. The number of hydrogen-bond donors (Lipinski definition) is 2. The molecular formula is C11H18N4O3. The van der Waals surface area contributed by atoms with Crippen molar-refractivity contribution < 1.29 is 14.3 Å². The normalized spacial score (nSPS) is 11.7. The summed E-state index contributed by atoms with van der Waals surface area (Å²) < 4.78 is 9.82. The number of anilines is 1. The van der Waals surface area contributed by atoms with Crippen LogP contribution in [0.3, 0.4) is 0 Å². The van der Waals surface area contributed by atoms with Gasteiger partial charge in [-0.05, 0) is 6.92 Å². The molecule has 0 fully saturated rings. The first-order valence-electron chi connectivity index (χ1n) is 5.56. The van der Waals surface area contributed by atoms with E-state index in [4.69, 9.17) is 9.47 Å². The van der Waals surface area contributed by atoms with Crippen molar-refractivity contribution in [1.82, 2.24) is 15.3 Å². The molecule has 1 amide bonds. The van der Waals surface area contributed by atoms with Gasteiger partial charge in [0.05, 0.1) is 13.7 Å². The van der Waals surface area contributed by atoms with Gasteiger partial charge in [0.1, 0.15) is 18.2 Å². The average molecular weight is 254 g/mol. The molecule has 0 saturated carbocycles. The van der Waals surface area contributed by atoms with Crippen LogP contribution in [-0.4, -0.2) is 49.3 Å². The van der Waals surface area contributed by atoms with Crippen molar-refractivity contribution in [2.24, 2.45) is 0 Å². The quantitative estimate of drug-likeness (QED) is 0.669. The van der Waals surface area contributed by atoms with Crippen LogP contribution in [0.25, 0.3) is 0 Å². The minimum atomic E-state index is -0.401. The van der Waals surface area contributed by atoms with Gasteiger partial charge in [-0.2, -0.15) is 0 Å². The first-order valence-corrected chi connectivity index (χ1v) is 5.56. The van der Waals surface area contributed by atoms with Gasteiger partial charge in [-0.25, -0.2) is 9.97 Å². The molecule has 0 saturated heterocycles. The molecule has 0 bridgehead atoms. The molecular weight excluding hydrogens is 236 g/mol. The van der Waals surface area contributed by atoms with E-state index >= 15 is 0 Å². The third kappa shape index (κ3) is 4.54. The second-order valence-corrected chi connectivity index (χ2v) is 3.60. The van der Waals surface area contributed by atoms with Crippen LogP contribution in [-0.2, 0) is 9.53 Å². The number of hydrogen-bond acceptors (Lipinski definition) is 6. The fourth-order valence-electron chi connectivity index (χ4n) is 1.25. The van der Waals surface area contributed by atoms with Crippen molar-refractivity contribution in [3.05, 3.63) is 12.4 Å². The van der Waals surface area contributed by atoms with Crippen molar-refractivity contribution in [2.75, 3.05) is 32.7 Å². The molecule has 100 valence electrons. The van der Waals surface area contributed by atoms with Crippen molar-refractivity contribution in [1.29, 1.82) is 0 Å². The number of amides is 1. The van der Waals surface area contributed by atoms with Crippen molar-refractivity contribution >= 4 is 11.7 Å². The van der Waals surface area contributed by atoms with Crippen LogP contribution in [0.4, 0.5) is 5.82 Å². The fraction of sp³-hybridized carbons (Fsp3) is 0.545. The molecule has 1 heterocycles. The number of methoxy groups -OCH3 is 2. The van der Waals surface area contributed by atoms with E-state index in [1.807, 2.05) is 0 Å². The van der Waals surface area contributed by atoms with Gasteiger partial charge >= 0.3 is 0 Å². The Bertz CT molecular complexity index is 386. The van der Waals surface area contributed by atoms with E-state index in [2.05, 4.69) is 20.6 Å². The fourth-order valence-corrected chi connectivity index (χ4v) is 1.25. The summed E-state index contributed by atoms with van der Waals surface area (Å²) in [5, 5.41) is 5.69. The molecule has 0 radical (unpaired) electrons. The van der Waals surface area contributed by atoms with Gasteiger partial charge in [-0.3, -0.25) is 4.79 Å². The monoisotopic (exact) mass is 254 g/mol. The standard InChI is InChI=1S/C11H18N4O3/c1-8(11(16)12-4-5-17-2)15-9-6-10(18-3)14-7-13-9/h6-8H,4-5H2,1-3H3,(H,12,16)(H,13,14,15). The summed E-state index contributed by atoms with van der Waals surface area (Å²) in [6, 6.07) is 1.22. The Morgan fingerprint density at radius 3 is 2.89 bits per heavy atom. The molecule has 0 aromatic carbocycles. The highest BCUT2D eigenvalue weighted by Gasteiger charge is 2.12. The van der Waals surface area contributed by atoms with E-state index in [9.17, 15) is 4.79 Å². The van der Waals surface area contributed by atoms with Crippen molar-refractivity contribution in [2.45, 2.75) is 13.0 Å². The van der Waals surface area contributed by atoms with E-state index in [0.717, 1.165) is 0 Å². The largest absolute Gasteiger partial charge is 0.481 e. The van der Waals surface area contributed by atoms with Gasteiger partial charge in [0.15, 0.2) is 0 Å². The molecule has 1 aromatic rings.